The second-order valence-electron chi connectivity index (χ2n) is 5.04. The van der Waals surface area contributed by atoms with Gasteiger partial charge in [-0.1, -0.05) is 6.08 Å². The summed E-state index contributed by atoms with van der Waals surface area (Å²) in [6.07, 6.45) is 1.37. The molecule has 0 aliphatic rings. The number of carboxylic acid groups (broad SMARTS) is 1. The molecule has 0 spiro atoms. The summed E-state index contributed by atoms with van der Waals surface area (Å²) in [6.45, 7) is 4.90. The van der Waals surface area contributed by atoms with E-state index in [0.717, 1.165) is 0 Å². The van der Waals surface area contributed by atoms with E-state index in [4.69, 9.17) is 14.6 Å². The zero-order chi connectivity index (χ0) is 18.1. The van der Waals surface area contributed by atoms with Crippen LogP contribution in [-0.2, 0) is 20.7 Å². The van der Waals surface area contributed by atoms with Crippen molar-refractivity contribution in [3.63, 3.8) is 0 Å². The normalized spacial score (nSPS) is 11.4. The van der Waals surface area contributed by atoms with Crippen LogP contribution in [0.4, 0.5) is 0 Å². The average molecular weight is 335 g/mol. The van der Waals surface area contributed by atoms with Crippen LogP contribution in [0.1, 0.15) is 22.8 Å². The molecule has 0 bridgehead atoms. The van der Waals surface area contributed by atoms with Crippen LogP contribution < -0.4 is 10.1 Å². The predicted molar refractivity (Wildman–Crippen MR) is 87.3 cm³/mol. The van der Waals surface area contributed by atoms with Crippen molar-refractivity contribution in [2.75, 3.05) is 20.3 Å². The minimum absolute atomic E-state index is 0.116. The molecule has 0 saturated carbocycles. The fourth-order valence-corrected chi connectivity index (χ4v) is 2.00. The van der Waals surface area contributed by atoms with Crippen LogP contribution in [0.15, 0.2) is 30.9 Å². The molecule has 0 fully saturated rings. The van der Waals surface area contributed by atoms with Crippen LogP contribution >= 0.6 is 0 Å². The predicted octanol–water partition coefficient (Wildman–Crippen LogP) is 1.21. The molecule has 0 saturated heterocycles. The summed E-state index contributed by atoms with van der Waals surface area (Å²) in [6, 6.07) is 3.59. The molecule has 130 valence electrons. The van der Waals surface area contributed by atoms with Gasteiger partial charge in [0.1, 0.15) is 5.75 Å². The Kier molecular flexibility index (Phi) is 7.64. The van der Waals surface area contributed by atoms with E-state index in [-0.39, 0.29) is 25.4 Å². The highest BCUT2D eigenvalue weighted by Crippen LogP contribution is 2.21. The number of nitrogens with one attached hydrogen (secondary N) is 1. The van der Waals surface area contributed by atoms with E-state index in [1.54, 1.807) is 18.2 Å². The lowest BCUT2D eigenvalue weighted by Crippen LogP contribution is -2.44. The zero-order valence-corrected chi connectivity index (χ0v) is 13.7. The standard InChI is InChI=1S/C17H21NO6/c1-4-7-24-10-14(17(21)22)18-16(20)9-13-8-12(11(2)19)5-6-15(13)23-3/h4-6,8,14H,1,7,9-10H2,2-3H3,(H,18,20)(H,21,22). The van der Waals surface area contributed by atoms with Crippen molar-refractivity contribution in [1.82, 2.24) is 5.32 Å². The molecule has 0 aliphatic heterocycles. The number of ether oxygens (including phenoxy) is 2. The summed E-state index contributed by atoms with van der Waals surface area (Å²) in [4.78, 5) is 34.7. The first-order chi connectivity index (χ1) is 11.4. The number of Topliss-reactive ketones (excluding diaryl/α,β-unsaturated/α-hetero) is 1. The number of amides is 1. The molecule has 1 amide bonds. The van der Waals surface area contributed by atoms with E-state index in [0.29, 0.717) is 16.9 Å². The summed E-state index contributed by atoms with van der Waals surface area (Å²) in [5, 5.41) is 11.5. The highest BCUT2D eigenvalue weighted by Gasteiger charge is 2.21. The third-order valence-corrected chi connectivity index (χ3v) is 3.19. The number of benzene rings is 1. The molecule has 2 N–H and O–H groups in total. The number of hydrogen-bond acceptors (Lipinski definition) is 5. The van der Waals surface area contributed by atoms with Crippen LogP contribution in [0.3, 0.4) is 0 Å². The fraction of sp³-hybridized carbons (Fsp3) is 0.353. The van der Waals surface area contributed by atoms with E-state index in [9.17, 15) is 14.4 Å². The molecular formula is C17H21NO6. The Balaban J connectivity index is 2.81. The number of carbonyl (C=O) groups excluding carboxylic acids is 2. The molecule has 0 heterocycles. The molecule has 7 nitrogen and oxygen atoms in total. The second-order valence-corrected chi connectivity index (χ2v) is 5.04. The molecule has 7 heteroatoms. The molecule has 1 rings (SSSR count). The van der Waals surface area contributed by atoms with Gasteiger partial charge in [-0.15, -0.1) is 6.58 Å². The molecule has 0 aliphatic carbocycles. The zero-order valence-electron chi connectivity index (χ0n) is 13.7. The molecule has 1 aromatic carbocycles. The number of methoxy groups -OCH3 is 1. The second kappa shape index (κ2) is 9.46. The van der Waals surface area contributed by atoms with Crippen molar-refractivity contribution in [3.05, 3.63) is 42.0 Å². The van der Waals surface area contributed by atoms with Gasteiger partial charge in [-0.05, 0) is 25.1 Å². The SMILES string of the molecule is C=CCOCC(NC(=O)Cc1cc(C(C)=O)ccc1OC)C(=O)O. The van der Waals surface area contributed by atoms with Crippen molar-refractivity contribution in [1.29, 1.82) is 0 Å². The number of hydrogen-bond donors (Lipinski definition) is 2. The molecule has 1 aromatic rings. The Hall–Kier alpha value is -2.67. The van der Waals surface area contributed by atoms with Gasteiger partial charge < -0.3 is 19.9 Å². The van der Waals surface area contributed by atoms with E-state index >= 15 is 0 Å². The molecule has 1 atom stereocenters. The Bertz CT molecular complexity index is 626. The molecular weight excluding hydrogens is 314 g/mol. The third kappa shape index (κ3) is 5.85. The monoisotopic (exact) mass is 335 g/mol. The maximum absolute atomic E-state index is 12.1. The van der Waals surface area contributed by atoms with Gasteiger partial charge in [-0.2, -0.15) is 0 Å². The Morgan fingerprint density at radius 1 is 1.38 bits per heavy atom. The van der Waals surface area contributed by atoms with Crippen LogP contribution in [0.25, 0.3) is 0 Å². The minimum atomic E-state index is -1.20. The first kappa shape index (κ1) is 19.4. The smallest absolute Gasteiger partial charge is 0.328 e. The summed E-state index contributed by atoms with van der Waals surface area (Å²) in [5.41, 5.74) is 0.946. The lowest BCUT2D eigenvalue weighted by Gasteiger charge is -2.15. The van der Waals surface area contributed by atoms with E-state index in [2.05, 4.69) is 11.9 Å². The van der Waals surface area contributed by atoms with Gasteiger partial charge in [0, 0.05) is 11.1 Å². The topological polar surface area (TPSA) is 102 Å². The number of aliphatic carboxylic acids is 1. The number of carbonyl (C=O) groups is 3. The average Bonchev–Trinajstić information content (AvgIpc) is 2.53. The number of rotatable bonds is 10. The Morgan fingerprint density at radius 2 is 2.08 bits per heavy atom. The molecule has 1 unspecified atom stereocenters. The highest BCUT2D eigenvalue weighted by molar-refractivity contribution is 5.95. The Labute approximate surface area is 140 Å². The van der Waals surface area contributed by atoms with Crippen molar-refractivity contribution in [2.45, 2.75) is 19.4 Å². The van der Waals surface area contributed by atoms with Gasteiger partial charge in [0.05, 0.1) is 26.7 Å². The van der Waals surface area contributed by atoms with Gasteiger partial charge in [-0.25, -0.2) is 4.79 Å². The summed E-state index contributed by atoms with van der Waals surface area (Å²) < 4.78 is 10.2. The maximum atomic E-state index is 12.1. The summed E-state index contributed by atoms with van der Waals surface area (Å²) in [5.74, 6) is -1.40. The van der Waals surface area contributed by atoms with Gasteiger partial charge >= 0.3 is 5.97 Å². The maximum Gasteiger partial charge on any atom is 0.328 e. The van der Waals surface area contributed by atoms with Gasteiger partial charge in [-0.3, -0.25) is 9.59 Å². The van der Waals surface area contributed by atoms with Crippen LogP contribution in [0.5, 0.6) is 5.75 Å². The number of carboxylic acids is 1. The molecule has 24 heavy (non-hydrogen) atoms. The summed E-state index contributed by atoms with van der Waals surface area (Å²) >= 11 is 0. The van der Waals surface area contributed by atoms with Gasteiger partial charge in [0.15, 0.2) is 11.8 Å². The Morgan fingerprint density at radius 3 is 2.62 bits per heavy atom. The van der Waals surface area contributed by atoms with Crippen LogP contribution in [-0.4, -0.2) is 49.1 Å². The van der Waals surface area contributed by atoms with E-state index in [1.807, 2.05) is 0 Å². The quantitative estimate of drug-likeness (QED) is 0.379. The lowest BCUT2D eigenvalue weighted by atomic mass is 10.0. The van der Waals surface area contributed by atoms with Crippen LogP contribution in [0.2, 0.25) is 0 Å². The largest absolute Gasteiger partial charge is 0.496 e. The lowest BCUT2D eigenvalue weighted by molar-refractivity contribution is -0.143. The van der Waals surface area contributed by atoms with Crippen molar-refractivity contribution < 1.29 is 29.0 Å². The fourth-order valence-electron chi connectivity index (χ4n) is 2.00. The van der Waals surface area contributed by atoms with E-state index in [1.165, 1.54) is 20.1 Å². The summed E-state index contributed by atoms with van der Waals surface area (Å²) in [7, 11) is 1.45. The van der Waals surface area contributed by atoms with Crippen molar-refractivity contribution in [3.8, 4) is 5.75 Å². The van der Waals surface area contributed by atoms with Crippen molar-refractivity contribution in [2.24, 2.45) is 0 Å². The van der Waals surface area contributed by atoms with Gasteiger partial charge in [0.2, 0.25) is 5.91 Å². The number of ketones is 1. The molecule has 0 radical (unpaired) electrons. The first-order valence-electron chi connectivity index (χ1n) is 7.27. The first-order valence-corrected chi connectivity index (χ1v) is 7.27. The highest BCUT2D eigenvalue weighted by atomic mass is 16.5. The van der Waals surface area contributed by atoms with Crippen LogP contribution in [0, 0.1) is 0 Å². The minimum Gasteiger partial charge on any atom is -0.496 e. The van der Waals surface area contributed by atoms with Gasteiger partial charge in [0.25, 0.3) is 0 Å². The van der Waals surface area contributed by atoms with E-state index < -0.39 is 17.9 Å². The third-order valence-electron chi connectivity index (χ3n) is 3.19. The van der Waals surface area contributed by atoms with Crippen molar-refractivity contribution >= 4 is 17.7 Å². The molecule has 0 aromatic heterocycles.